The first-order valence-corrected chi connectivity index (χ1v) is 11.2. The molecule has 1 aliphatic heterocycles. The number of benzene rings is 2. The van der Waals surface area contributed by atoms with Crippen molar-refractivity contribution in [1.29, 1.82) is 0 Å². The van der Waals surface area contributed by atoms with Gasteiger partial charge in [-0.15, -0.1) is 0 Å². The Morgan fingerprint density at radius 1 is 1.06 bits per heavy atom. The fraction of sp³-hybridized carbons (Fsp3) is 0.222. The van der Waals surface area contributed by atoms with Gasteiger partial charge in [0.2, 0.25) is 0 Å². The van der Waals surface area contributed by atoms with E-state index in [4.69, 9.17) is 11.6 Å². The fourth-order valence-corrected chi connectivity index (χ4v) is 4.26. The number of nitrogens with zero attached hydrogens (tertiary/aromatic N) is 2. The number of pyridine rings is 1. The number of hydrogen-bond acceptors (Lipinski definition) is 4. The molecule has 1 aliphatic rings. The summed E-state index contributed by atoms with van der Waals surface area (Å²) in [5, 5.41) is 11.3. The smallest absolute Gasteiger partial charge is 0.300 e. The van der Waals surface area contributed by atoms with Gasteiger partial charge in [0.15, 0.2) is 0 Å². The maximum Gasteiger partial charge on any atom is 0.300 e. The van der Waals surface area contributed by atoms with Crippen LogP contribution >= 0.6 is 11.6 Å². The van der Waals surface area contributed by atoms with Gasteiger partial charge in [0.25, 0.3) is 11.7 Å². The quantitative estimate of drug-likeness (QED) is 0.280. The van der Waals surface area contributed by atoms with E-state index in [1.54, 1.807) is 24.5 Å². The molecule has 0 spiro atoms. The number of hydrogen-bond donors (Lipinski definition) is 1. The van der Waals surface area contributed by atoms with Crippen LogP contribution in [0.1, 0.15) is 49.1 Å². The summed E-state index contributed by atoms with van der Waals surface area (Å²) in [6.07, 6.45) is 3.08. The lowest BCUT2D eigenvalue weighted by atomic mass is 9.84. The number of halogens is 2. The van der Waals surface area contributed by atoms with Crippen LogP contribution in [0.25, 0.3) is 5.76 Å². The summed E-state index contributed by atoms with van der Waals surface area (Å²) in [7, 11) is 0. The topological polar surface area (TPSA) is 70.5 Å². The predicted octanol–water partition coefficient (Wildman–Crippen LogP) is 6.11. The third kappa shape index (κ3) is 4.10. The van der Waals surface area contributed by atoms with E-state index in [1.165, 1.54) is 17.0 Å². The highest BCUT2D eigenvalue weighted by atomic mass is 35.5. The average molecular weight is 479 g/mol. The fourth-order valence-electron chi connectivity index (χ4n) is 4.08. The lowest BCUT2D eigenvalue weighted by molar-refractivity contribution is -0.132. The number of anilines is 1. The maximum atomic E-state index is 13.8. The van der Waals surface area contributed by atoms with E-state index in [2.05, 4.69) is 25.8 Å². The molecule has 0 aliphatic carbocycles. The molecule has 1 amide bonds. The van der Waals surface area contributed by atoms with E-state index in [0.29, 0.717) is 11.1 Å². The van der Waals surface area contributed by atoms with Crippen LogP contribution in [-0.4, -0.2) is 21.8 Å². The number of carbonyl (C=O) groups is 2. The molecule has 0 saturated carbocycles. The van der Waals surface area contributed by atoms with Gasteiger partial charge in [-0.3, -0.25) is 19.5 Å². The summed E-state index contributed by atoms with van der Waals surface area (Å²) in [5.74, 6) is -2.58. The highest BCUT2D eigenvalue weighted by Crippen LogP contribution is 2.43. The van der Waals surface area contributed by atoms with Gasteiger partial charge in [0.05, 0.1) is 16.6 Å². The summed E-state index contributed by atoms with van der Waals surface area (Å²) in [5.41, 5.74) is 2.78. The van der Waals surface area contributed by atoms with Gasteiger partial charge in [-0.2, -0.15) is 0 Å². The van der Waals surface area contributed by atoms with Crippen molar-refractivity contribution in [2.75, 3.05) is 4.90 Å². The second-order valence-electron chi connectivity index (χ2n) is 9.33. The third-order valence-corrected chi connectivity index (χ3v) is 6.30. The zero-order chi connectivity index (χ0) is 24.8. The number of aliphatic hydroxyl groups excluding tert-OH is 1. The van der Waals surface area contributed by atoms with E-state index in [0.717, 1.165) is 17.2 Å². The van der Waals surface area contributed by atoms with Crippen LogP contribution in [0.4, 0.5) is 10.1 Å². The zero-order valence-corrected chi connectivity index (χ0v) is 20.0. The molecular formula is C27H24ClFN2O3. The second kappa shape index (κ2) is 8.69. The van der Waals surface area contributed by atoms with Gasteiger partial charge in [0, 0.05) is 23.6 Å². The molecule has 1 fully saturated rings. The number of Topliss-reactive ketones (excluding diaryl/α,β-unsaturated/α-hetero) is 1. The van der Waals surface area contributed by atoms with Gasteiger partial charge in [0.1, 0.15) is 11.6 Å². The minimum absolute atomic E-state index is 0.0502. The second-order valence-corrected chi connectivity index (χ2v) is 9.73. The maximum absolute atomic E-state index is 13.8. The molecule has 0 radical (unpaired) electrons. The van der Waals surface area contributed by atoms with Crippen molar-refractivity contribution < 1.29 is 19.1 Å². The van der Waals surface area contributed by atoms with Gasteiger partial charge >= 0.3 is 0 Å². The number of carbonyl (C=O) groups excluding carboxylic acids is 2. The van der Waals surface area contributed by atoms with Crippen molar-refractivity contribution in [3.05, 3.63) is 99.6 Å². The molecule has 1 unspecified atom stereocenters. The van der Waals surface area contributed by atoms with Crippen molar-refractivity contribution in [2.45, 2.75) is 39.2 Å². The van der Waals surface area contributed by atoms with Crippen LogP contribution in [0.3, 0.4) is 0 Å². The molecular weight excluding hydrogens is 455 g/mol. The van der Waals surface area contributed by atoms with Crippen molar-refractivity contribution in [1.82, 2.24) is 4.98 Å². The Morgan fingerprint density at radius 2 is 1.74 bits per heavy atom. The first kappa shape index (κ1) is 23.6. The first-order chi connectivity index (χ1) is 16.0. The molecule has 1 atom stereocenters. The van der Waals surface area contributed by atoms with E-state index in [9.17, 15) is 19.1 Å². The number of aryl methyl sites for hydroxylation is 1. The van der Waals surface area contributed by atoms with Crippen LogP contribution in [0.15, 0.2) is 66.5 Å². The summed E-state index contributed by atoms with van der Waals surface area (Å²) in [6, 6.07) is 11.9. The normalized spacial score (nSPS) is 17.9. The summed E-state index contributed by atoms with van der Waals surface area (Å²) < 4.78 is 13.8. The summed E-state index contributed by atoms with van der Waals surface area (Å²) >= 11 is 5.98. The monoisotopic (exact) mass is 478 g/mol. The summed E-state index contributed by atoms with van der Waals surface area (Å²) in [4.78, 5) is 31.8. The number of amides is 1. The summed E-state index contributed by atoms with van der Waals surface area (Å²) in [6.45, 7) is 7.99. The highest BCUT2D eigenvalue weighted by molar-refractivity contribution is 6.51. The van der Waals surface area contributed by atoms with Gasteiger partial charge in [-0.05, 0) is 65.4 Å². The van der Waals surface area contributed by atoms with Crippen LogP contribution in [-0.2, 0) is 15.0 Å². The molecule has 2 heterocycles. The largest absolute Gasteiger partial charge is 0.507 e. The molecule has 1 saturated heterocycles. The third-order valence-electron chi connectivity index (χ3n) is 6.01. The van der Waals surface area contributed by atoms with Crippen LogP contribution in [0.2, 0.25) is 5.02 Å². The minimum atomic E-state index is -0.942. The lowest BCUT2D eigenvalue weighted by Crippen LogP contribution is -2.29. The Bertz CT molecular complexity index is 1330. The number of rotatable bonds is 3. The highest BCUT2D eigenvalue weighted by Gasteiger charge is 2.47. The Hall–Kier alpha value is -3.51. The average Bonchev–Trinajstić information content (AvgIpc) is 3.06. The molecule has 4 rings (SSSR count). The van der Waals surface area contributed by atoms with E-state index in [1.807, 2.05) is 25.1 Å². The number of ketones is 1. The van der Waals surface area contributed by atoms with Crippen molar-refractivity contribution in [2.24, 2.45) is 0 Å². The van der Waals surface area contributed by atoms with E-state index < -0.39 is 23.5 Å². The lowest BCUT2D eigenvalue weighted by Gasteiger charge is -2.26. The van der Waals surface area contributed by atoms with E-state index >= 15 is 0 Å². The SMILES string of the molecule is Cc1ccc(C(C)(C)C)cc1/C(O)=C1\C(=O)C(=O)N(c2ccc(F)c(Cl)c2)C1c1ccncc1. The van der Waals surface area contributed by atoms with E-state index in [-0.39, 0.29) is 27.5 Å². The molecule has 3 aromatic rings. The molecule has 1 aromatic heterocycles. The first-order valence-electron chi connectivity index (χ1n) is 10.8. The standard InChI is InChI=1S/C27H24ClFN2O3/c1-15-5-6-17(27(2,3)4)13-19(15)24(32)22-23(16-9-11-30-12-10-16)31(26(34)25(22)33)18-7-8-21(29)20(28)14-18/h5-14,23,32H,1-4H3/b24-22+. The Balaban J connectivity index is 1.98. The zero-order valence-electron chi connectivity index (χ0n) is 19.3. The van der Waals surface area contributed by atoms with Crippen LogP contribution in [0, 0.1) is 12.7 Å². The van der Waals surface area contributed by atoms with Gasteiger partial charge in [-0.25, -0.2) is 4.39 Å². The Labute approximate surface area is 202 Å². The molecule has 7 heteroatoms. The molecule has 0 bridgehead atoms. The number of aromatic nitrogens is 1. The molecule has 34 heavy (non-hydrogen) atoms. The predicted molar refractivity (Wildman–Crippen MR) is 130 cm³/mol. The van der Waals surface area contributed by atoms with Crippen molar-refractivity contribution in [3.63, 3.8) is 0 Å². The Kier molecular flexibility index (Phi) is 6.04. The molecule has 2 aromatic carbocycles. The Morgan fingerprint density at radius 3 is 2.35 bits per heavy atom. The van der Waals surface area contributed by atoms with Crippen LogP contribution in [0.5, 0.6) is 0 Å². The number of aliphatic hydroxyl groups is 1. The minimum Gasteiger partial charge on any atom is -0.507 e. The van der Waals surface area contributed by atoms with Gasteiger partial charge in [-0.1, -0.05) is 44.5 Å². The van der Waals surface area contributed by atoms with Gasteiger partial charge < -0.3 is 5.11 Å². The van der Waals surface area contributed by atoms with Crippen LogP contribution < -0.4 is 4.90 Å². The molecule has 174 valence electrons. The van der Waals surface area contributed by atoms with Crippen molar-refractivity contribution >= 4 is 34.7 Å². The van der Waals surface area contributed by atoms with Crippen molar-refractivity contribution in [3.8, 4) is 0 Å². The molecule has 1 N–H and O–H groups in total. The molecule has 5 nitrogen and oxygen atoms in total.